The Morgan fingerprint density at radius 1 is 1.09 bits per heavy atom. The third-order valence-electron chi connectivity index (χ3n) is 0.201. The zero-order chi connectivity index (χ0) is 5.86. The van der Waals surface area contributed by atoms with Gasteiger partial charge >= 0.3 is 0 Å². The summed E-state index contributed by atoms with van der Waals surface area (Å²) in [6, 6.07) is 0. The van der Waals surface area contributed by atoms with E-state index < -0.39 is 5.24 Å². The van der Waals surface area contributed by atoms with Crippen molar-refractivity contribution in [3.63, 3.8) is 0 Å². The molecule has 0 unspecified atom stereocenters. The van der Waals surface area contributed by atoms with E-state index in [0.29, 0.717) is 11.8 Å². The molecule has 0 aromatic carbocycles. The Balaban J connectivity index is -0.0000000300. The van der Waals surface area contributed by atoms with Gasteiger partial charge in [0.1, 0.15) is 4.32 Å². The number of hydrogen-bond donors (Lipinski definition) is 2. The third kappa shape index (κ3) is 41.9. The van der Waals surface area contributed by atoms with E-state index in [0.717, 1.165) is 0 Å². The normalized spacial score (nSPS) is 5.09. The lowest BCUT2D eigenvalue weighted by atomic mass is 11.4. The molecule has 0 atom stereocenters. The molecule has 0 radical (unpaired) electrons. The van der Waals surface area contributed by atoms with Gasteiger partial charge in [-0.1, -0.05) is 41.9 Å². The maximum atomic E-state index is 9.83. The van der Waals surface area contributed by atoms with E-state index in [1.165, 1.54) is 0 Å². The van der Waals surface area contributed by atoms with Crippen molar-refractivity contribution in [3.05, 3.63) is 0 Å². The van der Waals surface area contributed by atoms with Gasteiger partial charge in [0.05, 0.1) is 0 Å². The van der Waals surface area contributed by atoms with Crippen molar-refractivity contribution in [2.24, 2.45) is 11.5 Å². The molecule has 0 saturated carbocycles. The fourth-order valence-corrected chi connectivity index (χ4v) is 0.544. The van der Waals surface area contributed by atoms with Crippen LogP contribution in [-0.2, 0) is 0 Å². The fourth-order valence-electron chi connectivity index (χ4n) is 0.0991. The standard InChI is InChI=1S/C2H4N2OS2.4CH4/c3-1(5)7-2(4)6;;;;/h(H2,3,5)(H2,4,6);4*1H4. The zero-order valence-corrected chi connectivity index (χ0v) is 5.01. The first-order chi connectivity index (χ1) is 3.13. The predicted octanol–water partition coefficient (Wildman–Crippen LogP) is 2.59. The summed E-state index contributed by atoms with van der Waals surface area (Å²) in [6.07, 6.45) is 0. The maximum Gasteiger partial charge on any atom is 0.283 e. The second-order valence-electron chi connectivity index (χ2n) is 0.740. The maximum absolute atomic E-state index is 9.83. The molecular formula is C6H20N2OS2. The van der Waals surface area contributed by atoms with E-state index in [-0.39, 0.29) is 34.0 Å². The number of amides is 1. The first-order valence-corrected chi connectivity index (χ1v) is 2.62. The van der Waals surface area contributed by atoms with Gasteiger partial charge in [-0.3, -0.25) is 4.79 Å². The van der Waals surface area contributed by atoms with E-state index in [9.17, 15) is 4.79 Å². The van der Waals surface area contributed by atoms with E-state index in [1.54, 1.807) is 0 Å². The highest BCUT2D eigenvalue weighted by molar-refractivity contribution is 8.32. The predicted molar refractivity (Wildman–Crippen MR) is 60.9 cm³/mol. The lowest BCUT2D eigenvalue weighted by Crippen LogP contribution is -2.11. The molecule has 5 heteroatoms. The van der Waals surface area contributed by atoms with Crippen molar-refractivity contribution in [2.75, 3.05) is 0 Å². The molecule has 0 aromatic heterocycles. The molecule has 0 aliphatic heterocycles. The zero-order valence-electron chi connectivity index (χ0n) is 3.38. The number of thiocarbonyl (C=S) groups is 1. The number of carbonyl (C=O) groups is 1. The molecule has 0 spiro atoms. The quantitative estimate of drug-likeness (QED) is 0.590. The minimum atomic E-state index is -0.562. The van der Waals surface area contributed by atoms with E-state index in [2.05, 4.69) is 18.0 Å². The van der Waals surface area contributed by atoms with Crippen LogP contribution in [0.2, 0.25) is 0 Å². The van der Waals surface area contributed by atoms with Crippen LogP contribution in [0.25, 0.3) is 0 Å². The molecule has 0 aromatic rings. The van der Waals surface area contributed by atoms with Crippen LogP contribution >= 0.6 is 24.0 Å². The van der Waals surface area contributed by atoms with Crippen molar-refractivity contribution in [1.82, 2.24) is 0 Å². The number of hydrogen-bond acceptors (Lipinski definition) is 3. The molecule has 0 fully saturated rings. The van der Waals surface area contributed by atoms with Crippen molar-refractivity contribution in [1.29, 1.82) is 0 Å². The number of nitrogens with two attached hydrogens (primary N) is 2. The summed E-state index contributed by atoms with van der Waals surface area (Å²) >= 11 is 4.97. The van der Waals surface area contributed by atoms with Crippen LogP contribution in [0, 0.1) is 0 Å². The summed E-state index contributed by atoms with van der Waals surface area (Å²) in [4.78, 5) is 9.83. The molecule has 0 bridgehead atoms. The molecule has 11 heavy (non-hydrogen) atoms. The van der Waals surface area contributed by atoms with E-state index in [4.69, 9.17) is 5.73 Å². The number of primary amides is 1. The number of rotatable bonds is 0. The van der Waals surface area contributed by atoms with Crippen LogP contribution in [-0.4, -0.2) is 9.56 Å². The Morgan fingerprint density at radius 3 is 1.36 bits per heavy atom. The van der Waals surface area contributed by atoms with E-state index >= 15 is 0 Å². The molecule has 1 amide bonds. The molecule has 3 nitrogen and oxygen atoms in total. The number of thioether (sulfide) groups is 1. The Kier molecular flexibility index (Phi) is 46.1. The van der Waals surface area contributed by atoms with Gasteiger partial charge in [-0.2, -0.15) is 0 Å². The smallest absolute Gasteiger partial charge is 0.283 e. The summed E-state index contributed by atoms with van der Waals surface area (Å²) < 4.78 is 0.0625. The summed E-state index contributed by atoms with van der Waals surface area (Å²) in [5.74, 6) is 0. The summed E-state index contributed by atoms with van der Waals surface area (Å²) in [6.45, 7) is 0. The molecule has 0 rings (SSSR count). The Hall–Kier alpha value is -0.290. The Labute approximate surface area is 79.9 Å². The van der Waals surface area contributed by atoms with Gasteiger partial charge in [0.25, 0.3) is 5.24 Å². The van der Waals surface area contributed by atoms with Gasteiger partial charge in [-0.05, 0) is 0 Å². The van der Waals surface area contributed by atoms with Crippen LogP contribution in [0.3, 0.4) is 0 Å². The molecule has 0 saturated heterocycles. The first kappa shape index (κ1) is 31.0. The SMILES string of the molecule is C.C.C.C.NC(=O)SC(N)=S. The van der Waals surface area contributed by atoms with Gasteiger partial charge in [-0.15, -0.1) is 0 Å². The lowest BCUT2D eigenvalue weighted by Gasteiger charge is -1.85. The second kappa shape index (κ2) is 16.4. The van der Waals surface area contributed by atoms with Crippen LogP contribution < -0.4 is 11.5 Å². The topological polar surface area (TPSA) is 69.1 Å². The van der Waals surface area contributed by atoms with Crippen LogP contribution in [0.5, 0.6) is 0 Å². The van der Waals surface area contributed by atoms with Gasteiger partial charge in [0.15, 0.2) is 0 Å². The molecule has 4 N–H and O–H groups in total. The van der Waals surface area contributed by atoms with Crippen molar-refractivity contribution < 1.29 is 4.79 Å². The molecular weight excluding hydrogens is 180 g/mol. The summed E-state index contributed by atoms with van der Waals surface area (Å²) in [5, 5.41) is -0.562. The summed E-state index contributed by atoms with van der Waals surface area (Å²) in [7, 11) is 0. The second-order valence-corrected chi connectivity index (χ2v) is 2.48. The average molecular weight is 200 g/mol. The van der Waals surface area contributed by atoms with Crippen LogP contribution in [0.1, 0.15) is 29.7 Å². The molecule has 0 aliphatic carbocycles. The van der Waals surface area contributed by atoms with Gasteiger partial charge < -0.3 is 11.5 Å². The van der Waals surface area contributed by atoms with Gasteiger partial charge in [0.2, 0.25) is 0 Å². The van der Waals surface area contributed by atoms with E-state index in [1.807, 2.05) is 0 Å². The first-order valence-electron chi connectivity index (χ1n) is 1.39. The van der Waals surface area contributed by atoms with Crippen molar-refractivity contribution >= 4 is 33.5 Å². The molecule has 0 heterocycles. The van der Waals surface area contributed by atoms with Crippen LogP contribution in [0.4, 0.5) is 4.79 Å². The van der Waals surface area contributed by atoms with Crippen molar-refractivity contribution in [3.8, 4) is 0 Å². The molecule has 72 valence electrons. The van der Waals surface area contributed by atoms with Gasteiger partial charge in [-0.25, -0.2) is 0 Å². The molecule has 0 aliphatic rings. The average Bonchev–Trinajstić information content (AvgIpc) is 1.27. The highest BCUT2D eigenvalue weighted by Gasteiger charge is 1.93. The Morgan fingerprint density at radius 2 is 1.36 bits per heavy atom. The largest absolute Gasteiger partial charge is 0.384 e. The monoisotopic (exact) mass is 200 g/mol. The van der Waals surface area contributed by atoms with Gasteiger partial charge in [0, 0.05) is 11.8 Å². The minimum Gasteiger partial charge on any atom is -0.384 e. The highest BCUT2D eigenvalue weighted by Crippen LogP contribution is 1.96. The van der Waals surface area contributed by atoms with Crippen molar-refractivity contribution in [2.45, 2.75) is 29.7 Å². The van der Waals surface area contributed by atoms with Crippen LogP contribution in [0.15, 0.2) is 0 Å². The Bertz CT molecular complexity index is 94.8. The summed E-state index contributed by atoms with van der Waals surface area (Å²) in [5.41, 5.74) is 9.54. The number of carbonyl (C=O) groups excluding carboxylic acids is 1. The fraction of sp³-hybridized carbons (Fsp3) is 0.667. The third-order valence-corrected chi connectivity index (χ3v) is 0.854. The lowest BCUT2D eigenvalue weighted by molar-refractivity contribution is 0.267. The minimum absolute atomic E-state index is 0. The highest BCUT2D eigenvalue weighted by atomic mass is 32.2.